The van der Waals surface area contributed by atoms with Gasteiger partial charge in [-0.1, -0.05) is 29.8 Å². The number of nitrogens with one attached hydrogen (secondary N) is 2. The van der Waals surface area contributed by atoms with E-state index in [9.17, 15) is 4.79 Å². The molecule has 0 unspecified atom stereocenters. The third kappa shape index (κ3) is 3.89. The summed E-state index contributed by atoms with van der Waals surface area (Å²) in [6.07, 6.45) is 1.52. The molecular weight excluding hydrogens is 252 g/mol. The molecule has 18 heavy (non-hydrogen) atoms. The Balaban J connectivity index is 1.76. The van der Waals surface area contributed by atoms with Crippen molar-refractivity contribution in [2.45, 2.75) is 25.5 Å². The molecule has 1 fully saturated rings. The minimum absolute atomic E-state index is 0.205. The van der Waals surface area contributed by atoms with E-state index in [4.69, 9.17) is 16.3 Å². The van der Waals surface area contributed by atoms with Gasteiger partial charge >= 0.3 is 6.09 Å². The molecule has 0 saturated carbocycles. The quantitative estimate of drug-likeness (QED) is 0.885. The molecule has 0 atom stereocenters. The van der Waals surface area contributed by atoms with Crippen molar-refractivity contribution in [2.24, 2.45) is 0 Å². The SMILES string of the molecule is O=C(NC1CCNCC1)OCc1ccccc1Cl. The van der Waals surface area contributed by atoms with E-state index in [2.05, 4.69) is 10.6 Å². The Hall–Kier alpha value is -1.26. The molecule has 1 heterocycles. The van der Waals surface area contributed by atoms with Crippen LogP contribution in [0.2, 0.25) is 5.02 Å². The molecule has 0 aliphatic carbocycles. The molecule has 1 aliphatic heterocycles. The number of halogens is 1. The highest BCUT2D eigenvalue weighted by Crippen LogP contribution is 2.15. The normalized spacial score (nSPS) is 16.3. The zero-order chi connectivity index (χ0) is 12.8. The number of carbonyl (C=O) groups is 1. The number of amides is 1. The highest BCUT2D eigenvalue weighted by Gasteiger charge is 2.16. The van der Waals surface area contributed by atoms with Gasteiger partial charge in [0, 0.05) is 16.6 Å². The Morgan fingerprint density at radius 3 is 2.83 bits per heavy atom. The van der Waals surface area contributed by atoms with Gasteiger partial charge in [-0.2, -0.15) is 0 Å². The molecule has 1 amide bonds. The Labute approximate surface area is 112 Å². The van der Waals surface area contributed by atoms with Gasteiger partial charge in [-0.15, -0.1) is 0 Å². The molecule has 2 N–H and O–H groups in total. The summed E-state index contributed by atoms with van der Waals surface area (Å²) in [6.45, 7) is 2.08. The Morgan fingerprint density at radius 1 is 1.39 bits per heavy atom. The van der Waals surface area contributed by atoms with Crippen LogP contribution in [0.25, 0.3) is 0 Å². The summed E-state index contributed by atoms with van der Waals surface area (Å²) in [4.78, 5) is 11.6. The van der Waals surface area contributed by atoms with Gasteiger partial charge in [-0.3, -0.25) is 0 Å². The van der Waals surface area contributed by atoms with Crippen molar-refractivity contribution in [1.82, 2.24) is 10.6 Å². The lowest BCUT2D eigenvalue weighted by molar-refractivity contribution is 0.133. The number of piperidine rings is 1. The lowest BCUT2D eigenvalue weighted by Gasteiger charge is -2.23. The summed E-state index contributed by atoms with van der Waals surface area (Å²) < 4.78 is 5.16. The minimum Gasteiger partial charge on any atom is -0.445 e. The van der Waals surface area contributed by atoms with Gasteiger partial charge in [-0.05, 0) is 32.0 Å². The van der Waals surface area contributed by atoms with Crippen LogP contribution in [0.5, 0.6) is 0 Å². The van der Waals surface area contributed by atoms with Gasteiger partial charge in [0.1, 0.15) is 6.61 Å². The molecule has 1 aromatic rings. The van der Waals surface area contributed by atoms with E-state index in [1.807, 2.05) is 18.2 Å². The van der Waals surface area contributed by atoms with Crippen LogP contribution in [-0.4, -0.2) is 25.2 Å². The number of hydrogen-bond acceptors (Lipinski definition) is 3. The van der Waals surface area contributed by atoms with Crippen LogP contribution < -0.4 is 10.6 Å². The van der Waals surface area contributed by atoms with Crippen LogP contribution in [-0.2, 0) is 11.3 Å². The molecule has 0 spiro atoms. The van der Waals surface area contributed by atoms with Crippen LogP contribution in [0.15, 0.2) is 24.3 Å². The fourth-order valence-corrected chi connectivity index (χ4v) is 2.12. The lowest BCUT2D eigenvalue weighted by atomic mass is 10.1. The third-order valence-corrected chi connectivity index (χ3v) is 3.35. The first-order chi connectivity index (χ1) is 8.75. The van der Waals surface area contributed by atoms with Gasteiger partial charge in [-0.25, -0.2) is 4.79 Å². The second-order valence-corrected chi connectivity index (χ2v) is 4.74. The van der Waals surface area contributed by atoms with E-state index in [1.165, 1.54) is 0 Å². The standard InChI is InChI=1S/C13H17ClN2O2/c14-12-4-2-1-3-10(12)9-18-13(17)16-11-5-7-15-8-6-11/h1-4,11,15H,5-9H2,(H,16,17). The molecule has 98 valence electrons. The van der Waals surface area contributed by atoms with Crippen LogP contribution in [0.1, 0.15) is 18.4 Å². The van der Waals surface area contributed by atoms with Gasteiger partial charge in [0.05, 0.1) is 0 Å². The van der Waals surface area contributed by atoms with E-state index in [0.717, 1.165) is 31.5 Å². The Kier molecular flexibility index (Phi) is 4.84. The summed E-state index contributed by atoms with van der Waals surface area (Å²) in [6, 6.07) is 7.56. The molecule has 4 nitrogen and oxygen atoms in total. The van der Waals surface area contributed by atoms with E-state index >= 15 is 0 Å². The van der Waals surface area contributed by atoms with Crippen molar-refractivity contribution in [3.05, 3.63) is 34.9 Å². The maximum Gasteiger partial charge on any atom is 0.407 e. The first-order valence-electron chi connectivity index (χ1n) is 6.13. The number of hydrogen-bond donors (Lipinski definition) is 2. The second kappa shape index (κ2) is 6.61. The van der Waals surface area contributed by atoms with Crippen molar-refractivity contribution in [2.75, 3.05) is 13.1 Å². The molecular formula is C13H17ClN2O2. The largest absolute Gasteiger partial charge is 0.445 e. The summed E-state index contributed by atoms with van der Waals surface area (Å²) in [7, 11) is 0. The Morgan fingerprint density at radius 2 is 2.11 bits per heavy atom. The average Bonchev–Trinajstić information content (AvgIpc) is 2.39. The van der Waals surface area contributed by atoms with Crippen molar-refractivity contribution in [3.8, 4) is 0 Å². The number of rotatable bonds is 3. The van der Waals surface area contributed by atoms with Gasteiger partial charge in [0.15, 0.2) is 0 Å². The predicted octanol–water partition coefficient (Wildman–Crippen LogP) is 2.32. The van der Waals surface area contributed by atoms with Crippen molar-refractivity contribution < 1.29 is 9.53 Å². The van der Waals surface area contributed by atoms with Gasteiger partial charge in [0.25, 0.3) is 0 Å². The minimum atomic E-state index is -0.373. The maximum absolute atomic E-state index is 11.6. The van der Waals surface area contributed by atoms with E-state index in [0.29, 0.717) is 5.02 Å². The number of ether oxygens (including phenoxy) is 1. The van der Waals surface area contributed by atoms with Gasteiger partial charge in [0.2, 0.25) is 0 Å². The molecule has 0 radical (unpaired) electrons. The Bertz CT molecular complexity index is 406. The number of carbonyl (C=O) groups excluding carboxylic acids is 1. The fraction of sp³-hybridized carbons (Fsp3) is 0.462. The molecule has 0 bridgehead atoms. The first-order valence-corrected chi connectivity index (χ1v) is 6.51. The molecule has 1 aromatic carbocycles. The molecule has 1 aliphatic rings. The summed E-state index contributed by atoms with van der Waals surface area (Å²) in [5.41, 5.74) is 0.819. The maximum atomic E-state index is 11.6. The van der Waals surface area contributed by atoms with Crippen LogP contribution >= 0.6 is 11.6 Å². The van der Waals surface area contributed by atoms with Crippen molar-refractivity contribution >= 4 is 17.7 Å². The van der Waals surface area contributed by atoms with Crippen LogP contribution in [0.3, 0.4) is 0 Å². The highest BCUT2D eigenvalue weighted by molar-refractivity contribution is 6.31. The number of alkyl carbamates (subject to hydrolysis) is 1. The molecule has 1 saturated heterocycles. The van der Waals surface area contributed by atoms with E-state index in [-0.39, 0.29) is 18.7 Å². The summed E-state index contributed by atoms with van der Waals surface area (Å²) in [5.74, 6) is 0. The zero-order valence-corrected chi connectivity index (χ0v) is 10.9. The monoisotopic (exact) mass is 268 g/mol. The molecule has 0 aromatic heterocycles. The van der Waals surface area contributed by atoms with Crippen LogP contribution in [0.4, 0.5) is 4.79 Å². The average molecular weight is 269 g/mol. The van der Waals surface area contributed by atoms with Gasteiger partial charge < -0.3 is 15.4 Å². The first kappa shape index (κ1) is 13.2. The van der Waals surface area contributed by atoms with E-state index < -0.39 is 0 Å². The van der Waals surface area contributed by atoms with Crippen molar-refractivity contribution in [1.29, 1.82) is 0 Å². The highest BCUT2D eigenvalue weighted by atomic mass is 35.5. The molecule has 5 heteroatoms. The topological polar surface area (TPSA) is 50.4 Å². The summed E-state index contributed by atoms with van der Waals surface area (Å²) >= 11 is 5.98. The lowest BCUT2D eigenvalue weighted by Crippen LogP contribution is -2.42. The molecule has 2 rings (SSSR count). The second-order valence-electron chi connectivity index (χ2n) is 4.34. The summed E-state index contributed by atoms with van der Waals surface area (Å²) in [5, 5.41) is 6.73. The smallest absolute Gasteiger partial charge is 0.407 e. The number of benzene rings is 1. The fourth-order valence-electron chi connectivity index (χ4n) is 1.93. The van der Waals surface area contributed by atoms with Crippen LogP contribution in [0, 0.1) is 0 Å². The third-order valence-electron chi connectivity index (χ3n) is 2.98. The zero-order valence-electron chi connectivity index (χ0n) is 10.1. The van der Waals surface area contributed by atoms with E-state index in [1.54, 1.807) is 6.07 Å². The van der Waals surface area contributed by atoms with Crippen molar-refractivity contribution in [3.63, 3.8) is 0 Å². The predicted molar refractivity (Wildman–Crippen MR) is 70.7 cm³/mol.